The van der Waals surface area contributed by atoms with Gasteiger partial charge in [0.05, 0.1) is 4.90 Å². The summed E-state index contributed by atoms with van der Waals surface area (Å²) in [6.45, 7) is 0.932. The molecule has 0 spiro atoms. The van der Waals surface area contributed by atoms with Crippen LogP contribution in [0.15, 0.2) is 59.5 Å². The first-order valence-electron chi connectivity index (χ1n) is 6.39. The second-order valence-corrected chi connectivity index (χ2v) is 6.25. The van der Waals surface area contributed by atoms with E-state index in [0.717, 1.165) is 11.1 Å². The second-order valence-electron chi connectivity index (χ2n) is 4.49. The summed E-state index contributed by atoms with van der Waals surface area (Å²) in [6.07, 6.45) is 0. The minimum absolute atomic E-state index is 0.291. The van der Waals surface area contributed by atoms with Crippen LogP contribution in [0.5, 0.6) is 0 Å². The van der Waals surface area contributed by atoms with Crippen LogP contribution in [0.2, 0.25) is 0 Å². The van der Waals surface area contributed by atoms with E-state index in [1.54, 1.807) is 18.2 Å². The van der Waals surface area contributed by atoms with Gasteiger partial charge >= 0.3 is 0 Å². The maximum Gasteiger partial charge on any atom is 0.240 e. The molecule has 2 N–H and O–H groups in total. The Kier molecular flexibility index (Phi) is 4.89. The number of benzene rings is 2. The summed E-state index contributed by atoms with van der Waals surface area (Å²) in [6, 6.07) is 16.4. The van der Waals surface area contributed by atoms with Gasteiger partial charge in [0, 0.05) is 13.1 Å². The molecule has 0 aromatic heterocycles. The molecule has 106 valence electrons. The molecule has 2 rings (SSSR count). The van der Waals surface area contributed by atoms with Crippen LogP contribution in [0.3, 0.4) is 0 Å². The zero-order valence-corrected chi connectivity index (χ0v) is 12.2. The summed E-state index contributed by atoms with van der Waals surface area (Å²) in [7, 11) is -1.65. The first kappa shape index (κ1) is 14.7. The van der Waals surface area contributed by atoms with Crippen LogP contribution in [0.1, 0.15) is 11.1 Å². The Morgan fingerprint density at radius 2 is 1.60 bits per heavy atom. The third-order valence-electron chi connectivity index (χ3n) is 2.90. The van der Waals surface area contributed by atoms with E-state index in [2.05, 4.69) is 10.0 Å². The van der Waals surface area contributed by atoms with Crippen LogP contribution >= 0.6 is 0 Å². The number of sulfonamides is 1. The summed E-state index contributed by atoms with van der Waals surface area (Å²) in [5.41, 5.74) is 1.87. The van der Waals surface area contributed by atoms with Crippen LogP contribution in [0, 0.1) is 0 Å². The highest BCUT2D eigenvalue weighted by Crippen LogP contribution is 2.12. The Balaban J connectivity index is 2.12. The van der Waals surface area contributed by atoms with Crippen molar-refractivity contribution in [3.8, 4) is 0 Å². The van der Waals surface area contributed by atoms with Crippen molar-refractivity contribution in [3.05, 3.63) is 65.7 Å². The number of nitrogens with one attached hydrogen (secondary N) is 2. The Labute approximate surface area is 119 Å². The van der Waals surface area contributed by atoms with Crippen molar-refractivity contribution in [2.75, 3.05) is 7.05 Å². The SMILES string of the molecule is CNCc1cccc(S(=O)(=O)NCc2ccccc2)c1. The third-order valence-corrected chi connectivity index (χ3v) is 4.30. The molecule has 20 heavy (non-hydrogen) atoms. The van der Waals surface area contributed by atoms with E-state index >= 15 is 0 Å². The Bertz CT molecular complexity index is 655. The number of hydrogen-bond donors (Lipinski definition) is 2. The van der Waals surface area contributed by atoms with Crippen LogP contribution in [-0.2, 0) is 23.1 Å². The first-order valence-corrected chi connectivity index (χ1v) is 7.87. The molecule has 0 unspecified atom stereocenters. The molecule has 0 fully saturated rings. The highest BCUT2D eigenvalue weighted by atomic mass is 32.2. The van der Waals surface area contributed by atoms with E-state index in [9.17, 15) is 8.42 Å². The van der Waals surface area contributed by atoms with Gasteiger partial charge in [-0.15, -0.1) is 0 Å². The van der Waals surface area contributed by atoms with Crippen LogP contribution in [-0.4, -0.2) is 15.5 Å². The predicted molar refractivity (Wildman–Crippen MR) is 79.7 cm³/mol. The van der Waals surface area contributed by atoms with Gasteiger partial charge in [0.2, 0.25) is 10.0 Å². The summed E-state index contributed by atoms with van der Waals surface area (Å²) in [5, 5.41) is 3.01. The van der Waals surface area contributed by atoms with E-state index in [1.165, 1.54) is 0 Å². The molecule has 0 radical (unpaired) electrons. The van der Waals surface area contributed by atoms with Crippen molar-refractivity contribution in [3.63, 3.8) is 0 Å². The molecule has 2 aromatic rings. The van der Waals surface area contributed by atoms with Crippen molar-refractivity contribution in [1.82, 2.24) is 10.0 Å². The highest BCUT2D eigenvalue weighted by molar-refractivity contribution is 7.89. The predicted octanol–water partition coefficient (Wildman–Crippen LogP) is 1.88. The molecule has 0 aliphatic rings. The van der Waals surface area contributed by atoms with E-state index in [0.29, 0.717) is 18.0 Å². The van der Waals surface area contributed by atoms with Crippen molar-refractivity contribution in [2.24, 2.45) is 0 Å². The highest BCUT2D eigenvalue weighted by Gasteiger charge is 2.13. The third kappa shape index (κ3) is 3.90. The fourth-order valence-corrected chi connectivity index (χ4v) is 2.97. The fraction of sp³-hybridized carbons (Fsp3) is 0.200. The number of hydrogen-bond acceptors (Lipinski definition) is 3. The largest absolute Gasteiger partial charge is 0.316 e. The first-order chi connectivity index (χ1) is 9.62. The smallest absolute Gasteiger partial charge is 0.240 e. The molecular formula is C15H18N2O2S. The molecule has 2 aromatic carbocycles. The molecule has 0 amide bonds. The summed E-state index contributed by atoms with van der Waals surface area (Å²) < 4.78 is 27.1. The summed E-state index contributed by atoms with van der Waals surface area (Å²) in [4.78, 5) is 0.293. The number of rotatable bonds is 6. The van der Waals surface area contributed by atoms with Crippen molar-refractivity contribution in [2.45, 2.75) is 18.0 Å². The van der Waals surface area contributed by atoms with Gasteiger partial charge in [0.15, 0.2) is 0 Å². The van der Waals surface area contributed by atoms with Gasteiger partial charge in [0.1, 0.15) is 0 Å². The van der Waals surface area contributed by atoms with E-state index in [1.807, 2.05) is 43.4 Å². The minimum Gasteiger partial charge on any atom is -0.316 e. The molecule has 0 aliphatic heterocycles. The lowest BCUT2D eigenvalue weighted by molar-refractivity contribution is 0.581. The van der Waals surface area contributed by atoms with E-state index in [4.69, 9.17) is 0 Å². The molecular weight excluding hydrogens is 272 g/mol. The average molecular weight is 290 g/mol. The normalized spacial score (nSPS) is 11.4. The molecule has 0 saturated carbocycles. The van der Waals surface area contributed by atoms with Crippen molar-refractivity contribution < 1.29 is 8.42 Å². The van der Waals surface area contributed by atoms with Crippen LogP contribution < -0.4 is 10.0 Å². The molecule has 4 nitrogen and oxygen atoms in total. The maximum atomic E-state index is 12.2. The van der Waals surface area contributed by atoms with Gasteiger partial charge in [-0.05, 0) is 30.3 Å². The Morgan fingerprint density at radius 1 is 0.900 bits per heavy atom. The zero-order valence-electron chi connectivity index (χ0n) is 11.3. The van der Waals surface area contributed by atoms with Crippen LogP contribution in [0.25, 0.3) is 0 Å². The van der Waals surface area contributed by atoms with Crippen LogP contribution in [0.4, 0.5) is 0 Å². The topological polar surface area (TPSA) is 58.2 Å². The Hall–Kier alpha value is -1.69. The minimum atomic E-state index is -3.48. The molecule has 0 saturated heterocycles. The monoisotopic (exact) mass is 290 g/mol. The lowest BCUT2D eigenvalue weighted by Gasteiger charge is -2.08. The second kappa shape index (κ2) is 6.65. The standard InChI is InChI=1S/C15H18N2O2S/c1-16-11-14-8-5-9-15(10-14)20(18,19)17-12-13-6-3-2-4-7-13/h2-10,16-17H,11-12H2,1H3. The van der Waals surface area contributed by atoms with Gasteiger partial charge in [-0.25, -0.2) is 13.1 Å². The molecule has 0 atom stereocenters. The van der Waals surface area contributed by atoms with Gasteiger partial charge in [-0.1, -0.05) is 42.5 Å². The van der Waals surface area contributed by atoms with E-state index in [-0.39, 0.29) is 0 Å². The van der Waals surface area contributed by atoms with Gasteiger partial charge < -0.3 is 5.32 Å². The maximum absolute atomic E-state index is 12.2. The fourth-order valence-electron chi connectivity index (χ4n) is 1.88. The van der Waals surface area contributed by atoms with Gasteiger partial charge in [-0.3, -0.25) is 0 Å². The summed E-state index contributed by atoms with van der Waals surface area (Å²) in [5.74, 6) is 0. The van der Waals surface area contributed by atoms with Crippen molar-refractivity contribution in [1.29, 1.82) is 0 Å². The van der Waals surface area contributed by atoms with Crippen molar-refractivity contribution >= 4 is 10.0 Å². The average Bonchev–Trinajstić information content (AvgIpc) is 2.47. The van der Waals surface area contributed by atoms with Gasteiger partial charge in [0.25, 0.3) is 0 Å². The Morgan fingerprint density at radius 3 is 2.30 bits per heavy atom. The molecule has 5 heteroatoms. The molecule has 0 aliphatic carbocycles. The van der Waals surface area contributed by atoms with E-state index < -0.39 is 10.0 Å². The molecule has 0 bridgehead atoms. The lowest BCUT2D eigenvalue weighted by atomic mass is 10.2. The summed E-state index contributed by atoms with van der Waals surface area (Å²) >= 11 is 0. The molecule has 0 heterocycles. The lowest BCUT2D eigenvalue weighted by Crippen LogP contribution is -2.23. The van der Waals surface area contributed by atoms with Gasteiger partial charge in [-0.2, -0.15) is 0 Å². The quantitative estimate of drug-likeness (QED) is 0.854. The zero-order chi connectivity index (χ0) is 14.4.